The minimum absolute atomic E-state index is 0.284. The van der Waals surface area contributed by atoms with E-state index >= 15 is 0 Å². The Labute approximate surface area is 178 Å². The van der Waals surface area contributed by atoms with Crippen LogP contribution in [0, 0.1) is 0 Å². The van der Waals surface area contributed by atoms with Crippen LogP contribution in [0.15, 0.2) is 83.3 Å². The summed E-state index contributed by atoms with van der Waals surface area (Å²) in [5.74, 6) is -0.284. The second-order valence-corrected chi connectivity index (χ2v) is 7.46. The van der Waals surface area contributed by atoms with Crippen molar-refractivity contribution in [2.45, 2.75) is 19.4 Å². The first-order chi connectivity index (χ1) is 14.0. The van der Waals surface area contributed by atoms with Crippen molar-refractivity contribution in [1.82, 2.24) is 5.32 Å². The number of nitrogens with one attached hydrogen (secondary N) is 3. The van der Waals surface area contributed by atoms with E-state index in [2.05, 4.69) is 44.0 Å². The zero-order valence-electron chi connectivity index (χ0n) is 16.0. The van der Waals surface area contributed by atoms with Crippen molar-refractivity contribution in [1.29, 1.82) is 0 Å². The van der Waals surface area contributed by atoms with Crippen LogP contribution in [-0.4, -0.2) is 18.0 Å². The second-order valence-electron chi connectivity index (χ2n) is 6.61. The van der Waals surface area contributed by atoms with E-state index in [1.54, 1.807) is 13.0 Å². The number of rotatable bonds is 6. The van der Waals surface area contributed by atoms with E-state index in [1.807, 2.05) is 60.7 Å². The third-order valence-corrected chi connectivity index (χ3v) is 5.07. The van der Waals surface area contributed by atoms with Gasteiger partial charge in [-0.1, -0.05) is 60.7 Å². The number of amides is 3. The summed E-state index contributed by atoms with van der Waals surface area (Å²) in [6.45, 7) is 1.65. The molecule has 3 amide bonds. The van der Waals surface area contributed by atoms with Gasteiger partial charge in [-0.3, -0.25) is 4.79 Å². The van der Waals surface area contributed by atoms with Crippen LogP contribution < -0.4 is 16.0 Å². The van der Waals surface area contributed by atoms with E-state index in [0.717, 1.165) is 21.3 Å². The predicted octanol–water partition coefficient (Wildman–Crippen LogP) is 5.19. The Kier molecular flexibility index (Phi) is 7.03. The largest absolute Gasteiger partial charge is 0.326 e. The summed E-state index contributed by atoms with van der Waals surface area (Å²) in [6.07, 6.45) is 0.710. The standard InChI is InChI=1S/C23H22BrN3O2/c1-16(25-23(29)27-21-14-8-6-12-19(21)24)22(28)26-20-13-7-5-11-18(20)15-17-9-3-2-4-10-17/h2-14,16H,15H2,1H3,(H,26,28)(H2,25,27,29). The average Bonchev–Trinajstić information content (AvgIpc) is 2.72. The molecule has 3 aromatic rings. The van der Waals surface area contributed by atoms with Gasteiger partial charge in [-0.25, -0.2) is 4.79 Å². The highest BCUT2D eigenvalue weighted by molar-refractivity contribution is 9.10. The number of urea groups is 1. The van der Waals surface area contributed by atoms with Gasteiger partial charge in [0.15, 0.2) is 0 Å². The molecule has 0 fully saturated rings. The van der Waals surface area contributed by atoms with E-state index in [0.29, 0.717) is 12.1 Å². The Hall–Kier alpha value is -3.12. The van der Waals surface area contributed by atoms with Gasteiger partial charge in [0.1, 0.15) is 6.04 Å². The molecule has 0 spiro atoms. The van der Waals surface area contributed by atoms with Gasteiger partial charge in [0, 0.05) is 10.2 Å². The van der Waals surface area contributed by atoms with Gasteiger partial charge < -0.3 is 16.0 Å². The Balaban J connectivity index is 1.61. The molecule has 3 rings (SSSR count). The van der Waals surface area contributed by atoms with E-state index in [-0.39, 0.29) is 5.91 Å². The molecule has 0 saturated heterocycles. The molecule has 0 radical (unpaired) electrons. The van der Waals surface area contributed by atoms with Crippen LogP contribution in [0.2, 0.25) is 0 Å². The van der Waals surface area contributed by atoms with Crippen LogP contribution in [-0.2, 0) is 11.2 Å². The van der Waals surface area contributed by atoms with Crippen molar-refractivity contribution in [2.24, 2.45) is 0 Å². The first-order valence-electron chi connectivity index (χ1n) is 9.27. The molecule has 1 atom stereocenters. The smallest absolute Gasteiger partial charge is 0.319 e. The summed E-state index contributed by atoms with van der Waals surface area (Å²) in [7, 11) is 0. The van der Waals surface area contributed by atoms with Crippen molar-refractivity contribution in [3.63, 3.8) is 0 Å². The lowest BCUT2D eigenvalue weighted by Gasteiger charge is -2.17. The molecule has 0 bridgehead atoms. The number of hydrogen-bond donors (Lipinski definition) is 3. The third kappa shape index (κ3) is 5.93. The normalized spacial score (nSPS) is 11.4. The predicted molar refractivity (Wildman–Crippen MR) is 120 cm³/mol. The van der Waals surface area contributed by atoms with Crippen LogP contribution in [0.5, 0.6) is 0 Å². The molecule has 29 heavy (non-hydrogen) atoms. The monoisotopic (exact) mass is 451 g/mol. The summed E-state index contributed by atoms with van der Waals surface area (Å²) in [5, 5.41) is 8.31. The maximum absolute atomic E-state index is 12.6. The lowest BCUT2D eigenvalue weighted by atomic mass is 10.0. The molecule has 6 heteroatoms. The highest BCUT2D eigenvalue weighted by Gasteiger charge is 2.17. The van der Waals surface area contributed by atoms with Gasteiger partial charge in [-0.15, -0.1) is 0 Å². The Morgan fingerprint density at radius 2 is 1.45 bits per heavy atom. The van der Waals surface area contributed by atoms with E-state index in [9.17, 15) is 9.59 Å². The molecule has 5 nitrogen and oxygen atoms in total. The molecule has 0 saturated carbocycles. The molecular formula is C23H22BrN3O2. The highest BCUT2D eigenvalue weighted by atomic mass is 79.9. The molecule has 0 aliphatic carbocycles. The Morgan fingerprint density at radius 3 is 2.17 bits per heavy atom. The van der Waals surface area contributed by atoms with Gasteiger partial charge in [0.25, 0.3) is 0 Å². The number of carbonyl (C=O) groups excluding carboxylic acids is 2. The fraction of sp³-hybridized carbons (Fsp3) is 0.130. The molecular weight excluding hydrogens is 430 g/mol. The minimum atomic E-state index is -0.706. The molecule has 0 aliphatic heterocycles. The van der Waals surface area contributed by atoms with Crippen LogP contribution in [0.1, 0.15) is 18.1 Å². The number of para-hydroxylation sites is 2. The van der Waals surface area contributed by atoms with E-state index in [4.69, 9.17) is 0 Å². The molecule has 148 valence electrons. The van der Waals surface area contributed by atoms with Crippen molar-refractivity contribution >= 4 is 39.2 Å². The molecule has 3 aromatic carbocycles. The maximum atomic E-state index is 12.6. The van der Waals surface area contributed by atoms with Gasteiger partial charge >= 0.3 is 6.03 Å². The zero-order valence-corrected chi connectivity index (χ0v) is 17.6. The number of benzene rings is 3. The zero-order chi connectivity index (χ0) is 20.6. The number of hydrogen-bond acceptors (Lipinski definition) is 2. The molecule has 0 aliphatic rings. The van der Waals surface area contributed by atoms with E-state index in [1.165, 1.54) is 0 Å². The van der Waals surface area contributed by atoms with Gasteiger partial charge in [0.05, 0.1) is 5.69 Å². The third-order valence-electron chi connectivity index (χ3n) is 4.38. The highest BCUT2D eigenvalue weighted by Crippen LogP contribution is 2.21. The van der Waals surface area contributed by atoms with E-state index < -0.39 is 12.1 Å². The minimum Gasteiger partial charge on any atom is -0.326 e. The topological polar surface area (TPSA) is 70.2 Å². The molecule has 0 aromatic heterocycles. The average molecular weight is 452 g/mol. The quantitative estimate of drug-likeness (QED) is 0.482. The first-order valence-corrected chi connectivity index (χ1v) is 10.1. The lowest BCUT2D eigenvalue weighted by molar-refractivity contribution is -0.117. The van der Waals surface area contributed by atoms with Gasteiger partial charge in [-0.2, -0.15) is 0 Å². The SMILES string of the molecule is CC(NC(=O)Nc1ccccc1Br)C(=O)Nc1ccccc1Cc1ccccc1. The fourth-order valence-electron chi connectivity index (χ4n) is 2.84. The van der Waals surface area contributed by atoms with Crippen LogP contribution in [0.25, 0.3) is 0 Å². The summed E-state index contributed by atoms with van der Waals surface area (Å²) in [4.78, 5) is 24.8. The summed E-state index contributed by atoms with van der Waals surface area (Å²) in [5.41, 5.74) is 3.54. The van der Waals surface area contributed by atoms with Crippen molar-refractivity contribution in [3.05, 3.63) is 94.5 Å². The Morgan fingerprint density at radius 1 is 0.828 bits per heavy atom. The summed E-state index contributed by atoms with van der Waals surface area (Å²) in [6, 6.07) is 23.9. The van der Waals surface area contributed by atoms with Crippen molar-refractivity contribution in [2.75, 3.05) is 10.6 Å². The Bertz CT molecular complexity index is 992. The maximum Gasteiger partial charge on any atom is 0.319 e. The fourth-order valence-corrected chi connectivity index (χ4v) is 3.22. The molecule has 3 N–H and O–H groups in total. The van der Waals surface area contributed by atoms with Crippen LogP contribution >= 0.6 is 15.9 Å². The van der Waals surface area contributed by atoms with Crippen LogP contribution in [0.3, 0.4) is 0 Å². The number of halogens is 1. The van der Waals surface area contributed by atoms with Crippen molar-refractivity contribution in [3.8, 4) is 0 Å². The number of carbonyl (C=O) groups is 2. The second kappa shape index (κ2) is 9.89. The first kappa shape index (κ1) is 20.6. The van der Waals surface area contributed by atoms with Gasteiger partial charge in [-0.05, 0) is 58.6 Å². The molecule has 1 unspecified atom stereocenters. The lowest BCUT2D eigenvalue weighted by Crippen LogP contribution is -2.43. The van der Waals surface area contributed by atoms with Gasteiger partial charge in [0.2, 0.25) is 5.91 Å². The molecule has 0 heterocycles. The van der Waals surface area contributed by atoms with Crippen molar-refractivity contribution < 1.29 is 9.59 Å². The van der Waals surface area contributed by atoms with Crippen LogP contribution in [0.4, 0.5) is 16.2 Å². The summed E-state index contributed by atoms with van der Waals surface area (Å²) < 4.78 is 0.766. The summed E-state index contributed by atoms with van der Waals surface area (Å²) >= 11 is 3.38. The number of anilines is 2.